The molecule has 0 aromatic carbocycles. The largest absolute Gasteiger partial charge is 0.395 e. The van der Waals surface area contributed by atoms with Crippen LogP contribution in [0, 0.1) is 5.92 Å². The van der Waals surface area contributed by atoms with Crippen LogP contribution in [-0.4, -0.2) is 12.9 Å². The molecule has 0 saturated heterocycles. The highest BCUT2D eigenvalue weighted by molar-refractivity contribution is 4.91. The average molecular weight is 212 g/mol. The minimum atomic E-state index is -4.19. The van der Waals surface area contributed by atoms with Crippen LogP contribution in [0.25, 0.3) is 0 Å². The molecule has 4 heteroatoms. The van der Waals surface area contributed by atoms with Crippen molar-refractivity contribution < 1.29 is 17.6 Å². The fourth-order valence-electron chi connectivity index (χ4n) is 1.12. The van der Waals surface area contributed by atoms with Crippen LogP contribution in [0.1, 0.15) is 32.6 Å². The highest BCUT2D eigenvalue weighted by Crippen LogP contribution is 2.31. The standard InChI is InChI=1S/C10H16F4/c1-2-3-6-9(10(12,13)14)7-4-5-8-11/h4,7,9H,2-3,5-6,8H2,1H3. The van der Waals surface area contributed by atoms with Gasteiger partial charge in [-0.15, -0.1) is 0 Å². The summed E-state index contributed by atoms with van der Waals surface area (Å²) in [6, 6.07) is 0. The van der Waals surface area contributed by atoms with Crippen LogP contribution >= 0.6 is 0 Å². The maximum Gasteiger partial charge on any atom is 0.395 e. The third-order valence-electron chi connectivity index (χ3n) is 1.93. The van der Waals surface area contributed by atoms with E-state index in [1.54, 1.807) is 0 Å². The summed E-state index contributed by atoms with van der Waals surface area (Å²) in [5.41, 5.74) is 0. The van der Waals surface area contributed by atoms with Gasteiger partial charge in [-0.3, -0.25) is 4.39 Å². The molecule has 0 aromatic rings. The van der Waals surface area contributed by atoms with Crippen LogP contribution in [0.15, 0.2) is 12.2 Å². The molecule has 0 aliphatic rings. The SMILES string of the molecule is CCCCC(C=CCCF)C(F)(F)F. The Kier molecular flexibility index (Phi) is 6.58. The maximum absolute atomic E-state index is 12.3. The summed E-state index contributed by atoms with van der Waals surface area (Å²) in [4.78, 5) is 0. The third kappa shape index (κ3) is 6.00. The van der Waals surface area contributed by atoms with Gasteiger partial charge in [-0.05, 0) is 12.8 Å². The van der Waals surface area contributed by atoms with Crippen molar-refractivity contribution in [2.45, 2.75) is 38.8 Å². The zero-order chi connectivity index (χ0) is 11.0. The smallest absolute Gasteiger partial charge is 0.251 e. The zero-order valence-electron chi connectivity index (χ0n) is 8.28. The van der Waals surface area contributed by atoms with Crippen molar-refractivity contribution in [3.05, 3.63) is 12.2 Å². The van der Waals surface area contributed by atoms with Gasteiger partial charge in [0, 0.05) is 0 Å². The monoisotopic (exact) mass is 212 g/mol. The molecule has 0 bridgehead atoms. The van der Waals surface area contributed by atoms with Crippen LogP contribution in [-0.2, 0) is 0 Å². The second kappa shape index (κ2) is 6.85. The summed E-state index contributed by atoms with van der Waals surface area (Å²) in [6.45, 7) is 1.24. The molecule has 0 N–H and O–H groups in total. The fourth-order valence-corrected chi connectivity index (χ4v) is 1.12. The van der Waals surface area contributed by atoms with E-state index in [2.05, 4.69) is 0 Å². The second-order valence-electron chi connectivity index (χ2n) is 3.20. The van der Waals surface area contributed by atoms with Gasteiger partial charge in [0.05, 0.1) is 12.6 Å². The van der Waals surface area contributed by atoms with Gasteiger partial charge in [0.15, 0.2) is 0 Å². The molecule has 0 rings (SSSR count). The van der Waals surface area contributed by atoms with Crippen LogP contribution in [0.2, 0.25) is 0 Å². The third-order valence-corrected chi connectivity index (χ3v) is 1.93. The Hall–Kier alpha value is -0.540. The summed E-state index contributed by atoms with van der Waals surface area (Å²) in [5, 5.41) is 0. The summed E-state index contributed by atoms with van der Waals surface area (Å²) < 4.78 is 48.6. The van der Waals surface area contributed by atoms with Crippen molar-refractivity contribution in [3.8, 4) is 0 Å². The van der Waals surface area contributed by atoms with E-state index in [4.69, 9.17) is 0 Å². The fraction of sp³-hybridized carbons (Fsp3) is 0.800. The normalized spacial score (nSPS) is 14.9. The summed E-state index contributed by atoms with van der Waals surface area (Å²) >= 11 is 0. The summed E-state index contributed by atoms with van der Waals surface area (Å²) in [6.07, 6.45) is -0.389. The van der Waals surface area contributed by atoms with E-state index in [-0.39, 0.29) is 12.8 Å². The van der Waals surface area contributed by atoms with E-state index in [0.717, 1.165) is 12.5 Å². The number of halogens is 4. The molecule has 0 saturated carbocycles. The number of rotatable bonds is 6. The van der Waals surface area contributed by atoms with E-state index in [1.165, 1.54) is 6.08 Å². The first-order valence-electron chi connectivity index (χ1n) is 4.81. The lowest BCUT2D eigenvalue weighted by Gasteiger charge is -2.16. The minimum Gasteiger partial charge on any atom is -0.251 e. The molecular weight excluding hydrogens is 196 g/mol. The maximum atomic E-state index is 12.3. The lowest BCUT2D eigenvalue weighted by atomic mass is 10.0. The van der Waals surface area contributed by atoms with Gasteiger partial charge >= 0.3 is 6.18 Å². The Morgan fingerprint density at radius 3 is 2.36 bits per heavy atom. The van der Waals surface area contributed by atoms with E-state index in [9.17, 15) is 17.6 Å². The summed E-state index contributed by atoms with van der Waals surface area (Å²) in [5.74, 6) is -1.41. The topological polar surface area (TPSA) is 0 Å². The first-order chi connectivity index (χ1) is 6.52. The van der Waals surface area contributed by atoms with E-state index < -0.39 is 18.8 Å². The number of allylic oxidation sites excluding steroid dienone is 2. The van der Waals surface area contributed by atoms with Crippen LogP contribution in [0.4, 0.5) is 17.6 Å². The molecule has 0 amide bonds. The number of alkyl halides is 4. The first kappa shape index (κ1) is 13.5. The van der Waals surface area contributed by atoms with Crippen LogP contribution < -0.4 is 0 Å². The van der Waals surface area contributed by atoms with E-state index >= 15 is 0 Å². The van der Waals surface area contributed by atoms with Crippen molar-refractivity contribution in [2.75, 3.05) is 6.67 Å². The van der Waals surface area contributed by atoms with E-state index in [0.29, 0.717) is 6.42 Å². The van der Waals surface area contributed by atoms with Gasteiger partial charge in [0.25, 0.3) is 0 Å². The van der Waals surface area contributed by atoms with Crippen molar-refractivity contribution in [1.82, 2.24) is 0 Å². The second-order valence-corrected chi connectivity index (χ2v) is 3.20. The molecular formula is C10H16F4. The van der Waals surface area contributed by atoms with E-state index in [1.807, 2.05) is 6.92 Å². The summed E-state index contributed by atoms with van der Waals surface area (Å²) in [7, 11) is 0. The highest BCUT2D eigenvalue weighted by atomic mass is 19.4. The van der Waals surface area contributed by atoms with Gasteiger partial charge in [0.2, 0.25) is 0 Å². The Labute approximate surface area is 82.0 Å². The van der Waals surface area contributed by atoms with Gasteiger partial charge < -0.3 is 0 Å². The van der Waals surface area contributed by atoms with Crippen molar-refractivity contribution >= 4 is 0 Å². The first-order valence-corrected chi connectivity index (χ1v) is 4.81. The molecule has 0 aliphatic carbocycles. The molecule has 0 heterocycles. The minimum absolute atomic E-state index is 0.0682. The lowest BCUT2D eigenvalue weighted by molar-refractivity contribution is -0.162. The zero-order valence-corrected chi connectivity index (χ0v) is 8.28. The Bertz CT molecular complexity index is 160. The van der Waals surface area contributed by atoms with Gasteiger partial charge in [0.1, 0.15) is 0 Å². The number of hydrogen-bond acceptors (Lipinski definition) is 0. The number of hydrogen-bond donors (Lipinski definition) is 0. The molecule has 0 fully saturated rings. The van der Waals surface area contributed by atoms with Crippen LogP contribution in [0.3, 0.4) is 0 Å². The molecule has 0 aliphatic heterocycles. The number of unbranched alkanes of at least 4 members (excludes halogenated alkanes) is 1. The van der Waals surface area contributed by atoms with Crippen molar-refractivity contribution in [2.24, 2.45) is 5.92 Å². The molecule has 1 unspecified atom stereocenters. The molecule has 14 heavy (non-hydrogen) atoms. The predicted octanol–water partition coefficient (Wildman–Crippen LogP) is 4.27. The van der Waals surface area contributed by atoms with Gasteiger partial charge in [-0.2, -0.15) is 13.2 Å². The lowest BCUT2D eigenvalue weighted by Crippen LogP contribution is -2.20. The molecule has 0 aromatic heterocycles. The van der Waals surface area contributed by atoms with Crippen LogP contribution in [0.5, 0.6) is 0 Å². The average Bonchev–Trinajstić information content (AvgIpc) is 2.09. The molecule has 1 atom stereocenters. The molecule has 0 radical (unpaired) electrons. The quantitative estimate of drug-likeness (QED) is 0.455. The van der Waals surface area contributed by atoms with Gasteiger partial charge in [-0.25, -0.2) is 0 Å². The Balaban J connectivity index is 4.11. The Morgan fingerprint density at radius 1 is 1.29 bits per heavy atom. The molecule has 84 valence electrons. The van der Waals surface area contributed by atoms with Crippen molar-refractivity contribution in [1.29, 1.82) is 0 Å². The highest BCUT2D eigenvalue weighted by Gasteiger charge is 2.36. The Morgan fingerprint density at radius 2 is 1.93 bits per heavy atom. The molecule has 0 spiro atoms. The van der Waals surface area contributed by atoms with Crippen molar-refractivity contribution in [3.63, 3.8) is 0 Å². The predicted molar refractivity (Wildman–Crippen MR) is 48.8 cm³/mol. The van der Waals surface area contributed by atoms with Gasteiger partial charge in [-0.1, -0.05) is 31.9 Å². The molecule has 0 nitrogen and oxygen atoms in total.